The number of hydrogen-bond acceptors (Lipinski definition) is 4. The molecule has 1 atom stereocenters. The van der Waals surface area contributed by atoms with Crippen LogP contribution in [0.1, 0.15) is 39.5 Å². The van der Waals surface area contributed by atoms with E-state index in [2.05, 4.69) is 6.92 Å². The Bertz CT molecular complexity index is 244. The van der Waals surface area contributed by atoms with Crippen LogP contribution in [-0.4, -0.2) is 18.1 Å². The second-order valence-corrected chi connectivity index (χ2v) is 3.35. The summed E-state index contributed by atoms with van der Waals surface area (Å²) in [5.74, 6) is -4.12. The van der Waals surface area contributed by atoms with Crippen molar-refractivity contribution in [2.24, 2.45) is 5.92 Å². The number of carbonyl (C=O) groups excluding carboxylic acids is 2. The molecule has 110 valence electrons. The molecule has 0 spiro atoms. The molecule has 0 bridgehead atoms. The first kappa shape index (κ1) is 22.4. The van der Waals surface area contributed by atoms with Gasteiger partial charge in [0.25, 0.3) is 0 Å². The van der Waals surface area contributed by atoms with Gasteiger partial charge in [0.2, 0.25) is 0 Å². The molecule has 18 heavy (non-hydrogen) atoms. The van der Waals surface area contributed by atoms with Gasteiger partial charge in [0.15, 0.2) is 0 Å². The van der Waals surface area contributed by atoms with Gasteiger partial charge in [-0.1, -0.05) is 26.7 Å². The molecule has 0 aromatic heterocycles. The third-order valence-corrected chi connectivity index (χ3v) is 1.96. The molecule has 0 saturated carbocycles. The quantitative estimate of drug-likeness (QED) is 0.681. The first-order valence-corrected chi connectivity index (χ1v) is 5.15. The van der Waals surface area contributed by atoms with Gasteiger partial charge in [-0.25, -0.2) is 0 Å². The van der Waals surface area contributed by atoms with E-state index in [0.29, 0.717) is 6.42 Å². The second kappa shape index (κ2) is 11.3. The molecule has 0 radical (unpaired) electrons. The SMILES string of the molecule is CCCCC(CC)C(=O)[O-].O=C([O-])C(F)(F)F.[Ni+2]. The van der Waals surface area contributed by atoms with E-state index in [1.165, 1.54) is 0 Å². The number of carboxylic acids is 2. The smallest absolute Gasteiger partial charge is 0.550 e. The second-order valence-electron chi connectivity index (χ2n) is 3.35. The standard InChI is InChI=1S/C8H16O2.C2HF3O2.Ni/c1-3-5-6-7(4-2)8(9)10;3-2(4,5)1(6)7;/h7H,3-6H2,1-2H3,(H,9,10);(H,6,7);/q;;+2/p-2. The van der Waals surface area contributed by atoms with Crippen LogP contribution < -0.4 is 10.2 Å². The zero-order valence-electron chi connectivity index (χ0n) is 9.99. The zero-order chi connectivity index (χ0) is 14.1. The summed E-state index contributed by atoms with van der Waals surface area (Å²) >= 11 is 0. The number of aliphatic carboxylic acids is 2. The topological polar surface area (TPSA) is 80.3 Å². The zero-order valence-corrected chi connectivity index (χ0v) is 11.0. The predicted octanol–water partition coefficient (Wildman–Crippen LogP) is 0.249. The van der Waals surface area contributed by atoms with Crippen LogP contribution in [0.15, 0.2) is 0 Å². The van der Waals surface area contributed by atoms with E-state index in [9.17, 15) is 23.1 Å². The van der Waals surface area contributed by atoms with E-state index in [-0.39, 0.29) is 22.4 Å². The molecular weight excluding hydrogens is 300 g/mol. The van der Waals surface area contributed by atoms with Gasteiger partial charge in [0.05, 0.1) is 0 Å². The molecule has 0 amide bonds. The monoisotopic (exact) mass is 314 g/mol. The first-order chi connectivity index (χ1) is 7.66. The van der Waals surface area contributed by atoms with Crippen molar-refractivity contribution in [3.05, 3.63) is 0 Å². The Kier molecular flexibility index (Phi) is 14.1. The summed E-state index contributed by atoms with van der Waals surface area (Å²) in [6, 6.07) is 0. The first-order valence-electron chi connectivity index (χ1n) is 5.15. The van der Waals surface area contributed by atoms with Crippen LogP contribution in [0.25, 0.3) is 0 Å². The van der Waals surface area contributed by atoms with Gasteiger partial charge in [0, 0.05) is 5.97 Å². The van der Waals surface area contributed by atoms with Crippen LogP contribution in [0.2, 0.25) is 0 Å². The van der Waals surface area contributed by atoms with Gasteiger partial charge in [0.1, 0.15) is 5.97 Å². The van der Waals surface area contributed by atoms with Crippen molar-refractivity contribution >= 4 is 11.9 Å². The number of carbonyl (C=O) groups is 2. The van der Waals surface area contributed by atoms with Crippen molar-refractivity contribution < 1.29 is 49.5 Å². The molecule has 0 aromatic carbocycles. The van der Waals surface area contributed by atoms with E-state index in [4.69, 9.17) is 9.90 Å². The van der Waals surface area contributed by atoms with E-state index >= 15 is 0 Å². The Balaban J connectivity index is -0.000000251. The summed E-state index contributed by atoms with van der Waals surface area (Å²) in [5, 5.41) is 19.1. The van der Waals surface area contributed by atoms with Gasteiger partial charge in [-0.05, 0) is 18.8 Å². The van der Waals surface area contributed by atoms with Crippen molar-refractivity contribution in [1.82, 2.24) is 0 Å². The Morgan fingerprint density at radius 1 is 1.17 bits per heavy atom. The molecule has 0 aromatic rings. The molecule has 0 rings (SSSR count). The summed E-state index contributed by atoms with van der Waals surface area (Å²) in [5.41, 5.74) is 0. The molecular formula is C10H15F3NiO4. The molecule has 0 saturated heterocycles. The third-order valence-electron chi connectivity index (χ3n) is 1.96. The fourth-order valence-electron chi connectivity index (χ4n) is 0.939. The van der Waals surface area contributed by atoms with Gasteiger partial charge < -0.3 is 19.8 Å². The summed E-state index contributed by atoms with van der Waals surface area (Å²) < 4.78 is 31.5. The average Bonchev–Trinajstić information content (AvgIpc) is 2.18. The summed E-state index contributed by atoms with van der Waals surface area (Å²) in [6.45, 7) is 3.94. The Morgan fingerprint density at radius 3 is 1.72 bits per heavy atom. The fraction of sp³-hybridized carbons (Fsp3) is 0.800. The summed E-state index contributed by atoms with van der Waals surface area (Å²) in [4.78, 5) is 19.1. The maximum absolute atomic E-state index is 10.5. The van der Waals surface area contributed by atoms with E-state index in [1.807, 2.05) is 6.92 Å². The number of unbranched alkanes of at least 4 members (excludes halogenated alkanes) is 1. The van der Waals surface area contributed by atoms with E-state index < -0.39 is 18.1 Å². The predicted molar refractivity (Wildman–Crippen MR) is 49.4 cm³/mol. The Hall–Kier alpha value is -0.776. The molecule has 0 fully saturated rings. The molecule has 0 aliphatic rings. The van der Waals surface area contributed by atoms with Crippen LogP contribution in [0.5, 0.6) is 0 Å². The average molecular weight is 315 g/mol. The minimum Gasteiger partial charge on any atom is -0.550 e. The Labute approximate surface area is 113 Å². The molecule has 0 heterocycles. The number of carboxylic acid groups (broad SMARTS) is 2. The largest absolute Gasteiger partial charge is 2.00 e. The van der Waals surface area contributed by atoms with Gasteiger partial charge in [-0.2, -0.15) is 13.2 Å². The van der Waals surface area contributed by atoms with Crippen molar-refractivity contribution in [1.29, 1.82) is 0 Å². The number of rotatable bonds is 5. The van der Waals surface area contributed by atoms with Crippen LogP contribution in [-0.2, 0) is 26.1 Å². The molecule has 0 aliphatic heterocycles. The maximum atomic E-state index is 10.5. The maximum Gasteiger partial charge on any atom is 2.00 e. The van der Waals surface area contributed by atoms with Crippen LogP contribution >= 0.6 is 0 Å². The van der Waals surface area contributed by atoms with Crippen LogP contribution in [0, 0.1) is 5.92 Å². The fourth-order valence-corrected chi connectivity index (χ4v) is 0.939. The van der Waals surface area contributed by atoms with Crippen molar-refractivity contribution in [3.8, 4) is 0 Å². The van der Waals surface area contributed by atoms with Crippen molar-refractivity contribution in [2.45, 2.75) is 45.7 Å². The Morgan fingerprint density at radius 2 is 1.56 bits per heavy atom. The number of alkyl halides is 3. The van der Waals surface area contributed by atoms with Gasteiger partial charge in [-0.3, -0.25) is 0 Å². The van der Waals surface area contributed by atoms with Gasteiger partial charge >= 0.3 is 22.7 Å². The number of halogens is 3. The summed E-state index contributed by atoms with van der Waals surface area (Å²) in [6.07, 6.45) is -1.67. The summed E-state index contributed by atoms with van der Waals surface area (Å²) in [7, 11) is 0. The molecule has 4 nitrogen and oxygen atoms in total. The molecule has 0 aliphatic carbocycles. The van der Waals surface area contributed by atoms with Crippen LogP contribution in [0.4, 0.5) is 13.2 Å². The molecule has 8 heteroatoms. The van der Waals surface area contributed by atoms with Crippen LogP contribution in [0.3, 0.4) is 0 Å². The van der Waals surface area contributed by atoms with Crippen molar-refractivity contribution in [3.63, 3.8) is 0 Å². The van der Waals surface area contributed by atoms with E-state index in [1.54, 1.807) is 0 Å². The minimum absolute atomic E-state index is 0. The van der Waals surface area contributed by atoms with E-state index in [0.717, 1.165) is 19.3 Å². The molecule has 0 N–H and O–H groups in total. The number of hydrogen-bond donors (Lipinski definition) is 0. The van der Waals surface area contributed by atoms with Crippen molar-refractivity contribution in [2.75, 3.05) is 0 Å². The normalized spacial score (nSPS) is 11.6. The molecule has 1 unspecified atom stereocenters. The minimum atomic E-state index is -5.19. The van der Waals surface area contributed by atoms with Gasteiger partial charge in [-0.15, -0.1) is 0 Å². The third kappa shape index (κ3) is 13.3.